The number of urea groups is 1. The summed E-state index contributed by atoms with van der Waals surface area (Å²) in [7, 11) is 0. The zero-order valence-corrected chi connectivity index (χ0v) is 13.8. The van der Waals surface area contributed by atoms with Gasteiger partial charge in [0.05, 0.1) is 25.4 Å². The molecule has 0 bridgehead atoms. The van der Waals surface area contributed by atoms with Gasteiger partial charge in [-0.2, -0.15) is 0 Å². The van der Waals surface area contributed by atoms with Crippen molar-refractivity contribution in [2.75, 3.05) is 38.5 Å². The molecule has 2 aliphatic rings. The maximum absolute atomic E-state index is 12.4. The van der Waals surface area contributed by atoms with E-state index in [0.717, 1.165) is 9.80 Å². The number of pyridine rings is 1. The number of β-amino-alcohol motifs (C(OH)–C–C–N with tert-alkyl or cyclic N) is 1. The molecule has 2 saturated heterocycles. The summed E-state index contributed by atoms with van der Waals surface area (Å²) in [5, 5.41) is 8.98. The first-order valence-electron chi connectivity index (χ1n) is 7.65. The summed E-state index contributed by atoms with van der Waals surface area (Å²) in [4.78, 5) is 45.9. The van der Waals surface area contributed by atoms with Crippen LogP contribution in [0, 0.1) is 0 Å². The number of thioether (sulfide) groups is 1. The van der Waals surface area contributed by atoms with Crippen LogP contribution in [0.1, 0.15) is 0 Å². The number of rotatable bonds is 5. The molecule has 1 atom stereocenters. The second-order valence-electron chi connectivity index (χ2n) is 5.52. The summed E-state index contributed by atoms with van der Waals surface area (Å²) in [6.07, 6.45) is 3.34. The van der Waals surface area contributed by atoms with Crippen LogP contribution in [-0.2, 0) is 9.59 Å². The van der Waals surface area contributed by atoms with Crippen LogP contribution in [0.4, 0.5) is 4.79 Å². The van der Waals surface area contributed by atoms with Gasteiger partial charge in [0.15, 0.2) is 0 Å². The highest BCUT2D eigenvalue weighted by Gasteiger charge is 2.47. The fourth-order valence-electron chi connectivity index (χ4n) is 2.86. The van der Waals surface area contributed by atoms with Gasteiger partial charge in [0.2, 0.25) is 5.91 Å². The molecule has 128 valence electrons. The normalized spacial score (nSPS) is 20.5. The zero-order chi connectivity index (χ0) is 17.1. The highest BCUT2D eigenvalue weighted by molar-refractivity contribution is 8.00. The first-order valence-corrected chi connectivity index (χ1v) is 8.64. The SMILES string of the molecule is O=C(CSc1ccncc1)N1CCN2C(=O)N(CCO)C(=O)[C@H]2C1. The number of nitrogens with zero attached hydrogens (tertiary/aromatic N) is 4. The van der Waals surface area contributed by atoms with E-state index < -0.39 is 6.04 Å². The topological polar surface area (TPSA) is 94.1 Å². The van der Waals surface area contributed by atoms with Crippen LogP contribution >= 0.6 is 11.8 Å². The molecule has 1 aromatic rings. The smallest absolute Gasteiger partial charge is 0.327 e. The average Bonchev–Trinajstić information content (AvgIpc) is 2.85. The van der Waals surface area contributed by atoms with E-state index in [1.807, 2.05) is 12.1 Å². The monoisotopic (exact) mass is 350 g/mol. The molecule has 9 heteroatoms. The van der Waals surface area contributed by atoms with Gasteiger partial charge in [0, 0.05) is 30.4 Å². The molecule has 24 heavy (non-hydrogen) atoms. The van der Waals surface area contributed by atoms with Gasteiger partial charge in [0.25, 0.3) is 5.91 Å². The van der Waals surface area contributed by atoms with Crippen LogP contribution in [0.25, 0.3) is 0 Å². The second-order valence-corrected chi connectivity index (χ2v) is 6.57. The Morgan fingerprint density at radius 3 is 2.75 bits per heavy atom. The van der Waals surface area contributed by atoms with Crippen molar-refractivity contribution in [2.45, 2.75) is 10.9 Å². The van der Waals surface area contributed by atoms with E-state index in [0.29, 0.717) is 13.1 Å². The van der Waals surface area contributed by atoms with E-state index in [1.54, 1.807) is 17.3 Å². The number of carbonyl (C=O) groups is 3. The summed E-state index contributed by atoms with van der Waals surface area (Å²) in [6.45, 7) is 0.697. The van der Waals surface area contributed by atoms with Crippen molar-refractivity contribution in [3.05, 3.63) is 24.5 Å². The lowest BCUT2D eigenvalue weighted by atomic mass is 10.2. The summed E-state index contributed by atoms with van der Waals surface area (Å²) >= 11 is 1.42. The largest absolute Gasteiger partial charge is 0.395 e. The van der Waals surface area contributed by atoms with Crippen LogP contribution in [-0.4, -0.2) is 87.2 Å². The number of piperazine rings is 1. The lowest BCUT2D eigenvalue weighted by Gasteiger charge is -2.35. The molecule has 8 nitrogen and oxygen atoms in total. The van der Waals surface area contributed by atoms with Crippen LogP contribution in [0.15, 0.2) is 29.4 Å². The van der Waals surface area contributed by atoms with Crippen molar-refractivity contribution < 1.29 is 19.5 Å². The molecular weight excluding hydrogens is 332 g/mol. The first kappa shape index (κ1) is 16.7. The predicted molar refractivity (Wildman–Crippen MR) is 86.2 cm³/mol. The average molecular weight is 350 g/mol. The highest BCUT2D eigenvalue weighted by atomic mass is 32.2. The molecule has 2 fully saturated rings. The van der Waals surface area contributed by atoms with Crippen molar-refractivity contribution in [2.24, 2.45) is 0 Å². The van der Waals surface area contributed by atoms with Crippen LogP contribution in [0.5, 0.6) is 0 Å². The Morgan fingerprint density at radius 2 is 2.04 bits per heavy atom. The quantitative estimate of drug-likeness (QED) is 0.576. The van der Waals surface area contributed by atoms with Gasteiger partial charge in [-0.15, -0.1) is 11.8 Å². The maximum atomic E-state index is 12.4. The molecule has 3 heterocycles. The van der Waals surface area contributed by atoms with Gasteiger partial charge in [-0.3, -0.25) is 19.5 Å². The van der Waals surface area contributed by atoms with Gasteiger partial charge in [0.1, 0.15) is 6.04 Å². The van der Waals surface area contributed by atoms with E-state index in [2.05, 4.69) is 4.98 Å². The molecule has 3 rings (SSSR count). The highest BCUT2D eigenvalue weighted by Crippen LogP contribution is 2.23. The first-order chi connectivity index (χ1) is 11.6. The summed E-state index contributed by atoms with van der Waals surface area (Å²) in [5.74, 6) is -0.121. The van der Waals surface area contributed by atoms with E-state index in [4.69, 9.17) is 5.11 Å². The fraction of sp³-hybridized carbons (Fsp3) is 0.467. The molecule has 0 radical (unpaired) electrons. The number of carbonyl (C=O) groups excluding carboxylic acids is 3. The molecule has 0 saturated carbocycles. The molecule has 2 aliphatic heterocycles. The van der Waals surface area contributed by atoms with Crippen molar-refractivity contribution >= 4 is 29.6 Å². The van der Waals surface area contributed by atoms with E-state index in [-0.39, 0.29) is 43.3 Å². The molecule has 1 N–H and O–H groups in total. The van der Waals surface area contributed by atoms with Gasteiger partial charge >= 0.3 is 6.03 Å². The van der Waals surface area contributed by atoms with Crippen LogP contribution < -0.4 is 0 Å². The third kappa shape index (κ3) is 3.22. The maximum Gasteiger partial charge on any atom is 0.327 e. The van der Waals surface area contributed by atoms with Gasteiger partial charge in [-0.1, -0.05) is 0 Å². The number of aliphatic hydroxyl groups excluding tert-OH is 1. The van der Waals surface area contributed by atoms with Crippen LogP contribution in [0.3, 0.4) is 0 Å². The van der Waals surface area contributed by atoms with E-state index in [1.165, 1.54) is 16.7 Å². The fourth-order valence-corrected chi connectivity index (χ4v) is 3.64. The van der Waals surface area contributed by atoms with Gasteiger partial charge in [-0.05, 0) is 12.1 Å². The van der Waals surface area contributed by atoms with Gasteiger partial charge in [-0.25, -0.2) is 4.79 Å². The minimum atomic E-state index is -0.632. The Morgan fingerprint density at radius 1 is 1.29 bits per heavy atom. The lowest BCUT2D eigenvalue weighted by Crippen LogP contribution is -2.55. The van der Waals surface area contributed by atoms with Gasteiger partial charge < -0.3 is 14.9 Å². The number of fused-ring (bicyclic) bond motifs is 1. The predicted octanol–water partition coefficient (Wildman–Crippen LogP) is -0.359. The third-order valence-corrected chi connectivity index (χ3v) is 5.09. The Balaban J connectivity index is 1.59. The molecule has 4 amide bonds. The van der Waals surface area contributed by atoms with Crippen molar-refractivity contribution in [1.82, 2.24) is 19.7 Å². The van der Waals surface area contributed by atoms with Crippen molar-refractivity contribution in [3.8, 4) is 0 Å². The Bertz CT molecular complexity index is 642. The van der Waals surface area contributed by atoms with E-state index >= 15 is 0 Å². The van der Waals surface area contributed by atoms with E-state index in [9.17, 15) is 14.4 Å². The molecular formula is C15H18N4O4S. The number of hydrogen-bond acceptors (Lipinski definition) is 6. The Hall–Kier alpha value is -2.13. The molecule has 0 spiro atoms. The lowest BCUT2D eigenvalue weighted by molar-refractivity contribution is -0.134. The minimum Gasteiger partial charge on any atom is -0.395 e. The Labute approximate surface area is 143 Å². The zero-order valence-electron chi connectivity index (χ0n) is 13.0. The molecule has 0 aliphatic carbocycles. The van der Waals surface area contributed by atoms with Crippen LogP contribution in [0.2, 0.25) is 0 Å². The second kappa shape index (κ2) is 7.18. The number of hydrogen-bond donors (Lipinski definition) is 1. The van der Waals surface area contributed by atoms with Crippen molar-refractivity contribution in [3.63, 3.8) is 0 Å². The standard InChI is InChI=1S/C15H18N4O4S/c20-8-7-19-14(22)12-9-17(5-6-18(12)15(19)23)13(21)10-24-11-1-3-16-4-2-11/h1-4,12,20H,5-10H2/t12-/m1/s1. The molecule has 0 unspecified atom stereocenters. The number of aromatic nitrogens is 1. The number of aliphatic hydroxyl groups is 1. The Kier molecular flexibility index (Phi) is 5.00. The molecule has 1 aromatic heterocycles. The number of amides is 4. The summed E-state index contributed by atoms with van der Waals surface area (Å²) in [6, 6.07) is 2.66. The number of imide groups is 1. The minimum absolute atomic E-state index is 0.00346. The third-order valence-electron chi connectivity index (χ3n) is 4.10. The van der Waals surface area contributed by atoms with Crippen molar-refractivity contribution in [1.29, 1.82) is 0 Å². The summed E-state index contributed by atoms with van der Waals surface area (Å²) in [5.41, 5.74) is 0. The summed E-state index contributed by atoms with van der Waals surface area (Å²) < 4.78 is 0. The molecule has 0 aromatic carbocycles.